The van der Waals surface area contributed by atoms with Crippen molar-refractivity contribution < 1.29 is 14.2 Å². The number of hydrazine groups is 1. The molecule has 1 rings (SSSR count). The fourth-order valence-electron chi connectivity index (χ4n) is 1.52. The number of nitrogen functional groups attached to an aromatic ring is 1. The normalized spacial score (nSPS) is 11.5. The number of hydrogen-bond donors (Lipinski definition) is 2. The van der Waals surface area contributed by atoms with Gasteiger partial charge in [-0.15, -0.1) is 0 Å². The monoisotopic (exact) mass is 298 g/mol. The van der Waals surface area contributed by atoms with Crippen molar-refractivity contribution in [3.05, 3.63) is 11.9 Å². The Morgan fingerprint density at radius 1 is 1.14 bits per heavy atom. The first-order chi connectivity index (χ1) is 9.97. The molecule has 3 N–H and O–H groups in total. The molecule has 0 spiro atoms. The summed E-state index contributed by atoms with van der Waals surface area (Å²) in [5.41, 5.74) is 2.35. The SMILES string of the molecule is COCCCOCCOc1cc(NN)nc(C(C)(C)C)n1. The van der Waals surface area contributed by atoms with Gasteiger partial charge in [-0.1, -0.05) is 20.8 Å². The smallest absolute Gasteiger partial charge is 0.218 e. The summed E-state index contributed by atoms with van der Waals surface area (Å²) in [6, 6.07) is 1.67. The van der Waals surface area contributed by atoms with Gasteiger partial charge in [-0.25, -0.2) is 10.8 Å². The molecule has 7 heteroatoms. The largest absolute Gasteiger partial charge is 0.475 e. The predicted octanol–water partition coefficient (Wildman–Crippen LogP) is 1.49. The summed E-state index contributed by atoms with van der Waals surface area (Å²) in [4.78, 5) is 8.72. The Kier molecular flexibility index (Phi) is 7.35. The Labute approximate surface area is 126 Å². The Bertz CT molecular complexity index is 421. The summed E-state index contributed by atoms with van der Waals surface area (Å²) in [6.07, 6.45) is 0.874. The molecule has 0 aliphatic heterocycles. The van der Waals surface area contributed by atoms with E-state index in [1.807, 2.05) is 20.8 Å². The van der Waals surface area contributed by atoms with Crippen LogP contribution in [0.25, 0.3) is 0 Å². The lowest BCUT2D eigenvalue weighted by Crippen LogP contribution is -2.20. The lowest BCUT2D eigenvalue weighted by molar-refractivity contribution is 0.0794. The molecule has 0 radical (unpaired) electrons. The number of nitrogens with two attached hydrogens (primary N) is 1. The minimum Gasteiger partial charge on any atom is -0.475 e. The van der Waals surface area contributed by atoms with E-state index in [2.05, 4.69) is 15.4 Å². The summed E-state index contributed by atoms with van der Waals surface area (Å²) < 4.78 is 16.0. The molecule has 120 valence electrons. The van der Waals surface area contributed by atoms with Crippen LogP contribution < -0.4 is 16.0 Å². The van der Waals surface area contributed by atoms with E-state index >= 15 is 0 Å². The quantitative estimate of drug-likeness (QED) is 0.405. The zero-order chi connectivity index (χ0) is 15.7. The number of methoxy groups -OCH3 is 1. The maximum absolute atomic E-state index is 5.59. The van der Waals surface area contributed by atoms with E-state index in [-0.39, 0.29) is 5.41 Å². The number of anilines is 1. The Morgan fingerprint density at radius 2 is 1.90 bits per heavy atom. The maximum atomic E-state index is 5.59. The van der Waals surface area contributed by atoms with Crippen LogP contribution in [0.3, 0.4) is 0 Å². The van der Waals surface area contributed by atoms with Crippen LogP contribution in [0, 0.1) is 0 Å². The van der Waals surface area contributed by atoms with Crippen molar-refractivity contribution in [2.24, 2.45) is 5.84 Å². The van der Waals surface area contributed by atoms with Crippen molar-refractivity contribution in [1.29, 1.82) is 0 Å². The second-order valence-electron chi connectivity index (χ2n) is 5.62. The Hall–Kier alpha value is -1.44. The van der Waals surface area contributed by atoms with Gasteiger partial charge in [0.15, 0.2) is 0 Å². The van der Waals surface area contributed by atoms with Gasteiger partial charge in [-0.2, -0.15) is 4.98 Å². The van der Waals surface area contributed by atoms with Crippen LogP contribution in [0.15, 0.2) is 6.07 Å². The van der Waals surface area contributed by atoms with Crippen molar-refractivity contribution in [2.75, 3.05) is 39.0 Å². The van der Waals surface area contributed by atoms with Gasteiger partial charge in [0.1, 0.15) is 18.2 Å². The highest BCUT2D eigenvalue weighted by molar-refractivity contribution is 5.37. The van der Waals surface area contributed by atoms with Gasteiger partial charge in [0.05, 0.1) is 6.61 Å². The van der Waals surface area contributed by atoms with Crippen LogP contribution in [-0.4, -0.2) is 43.5 Å². The highest BCUT2D eigenvalue weighted by Gasteiger charge is 2.19. The van der Waals surface area contributed by atoms with Gasteiger partial charge in [-0.3, -0.25) is 0 Å². The van der Waals surface area contributed by atoms with Crippen molar-refractivity contribution in [3.8, 4) is 5.88 Å². The van der Waals surface area contributed by atoms with Crippen LogP contribution in [0.2, 0.25) is 0 Å². The van der Waals surface area contributed by atoms with Gasteiger partial charge in [0.2, 0.25) is 5.88 Å². The third-order valence-electron chi connectivity index (χ3n) is 2.64. The first-order valence-corrected chi connectivity index (χ1v) is 7.03. The van der Waals surface area contributed by atoms with Crippen LogP contribution in [0.4, 0.5) is 5.82 Å². The standard InChI is InChI=1S/C14H26N4O3/c1-14(2,3)13-16-11(18-15)10-12(17-13)21-9-8-20-7-5-6-19-4/h10H,5-9,15H2,1-4H3,(H,16,17,18). The first kappa shape index (κ1) is 17.6. The zero-order valence-corrected chi connectivity index (χ0v) is 13.3. The van der Waals surface area contributed by atoms with Gasteiger partial charge in [-0.05, 0) is 6.42 Å². The molecule has 0 aliphatic carbocycles. The molecule has 1 aromatic heterocycles. The number of rotatable bonds is 9. The highest BCUT2D eigenvalue weighted by Crippen LogP contribution is 2.22. The average Bonchev–Trinajstić information content (AvgIpc) is 2.45. The molecule has 7 nitrogen and oxygen atoms in total. The number of aromatic nitrogens is 2. The summed E-state index contributed by atoms with van der Waals surface area (Å²) in [5.74, 6) is 7.12. The highest BCUT2D eigenvalue weighted by atomic mass is 16.5. The molecule has 0 amide bonds. The second kappa shape index (κ2) is 8.76. The zero-order valence-electron chi connectivity index (χ0n) is 13.3. The van der Waals surface area contributed by atoms with E-state index in [1.165, 1.54) is 0 Å². The Balaban J connectivity index is 2.47. The molecule has 1 heterocycles. The maximum Gasteiger partial charge on any atom is 0.218 e. The van der Waals surface area contributed by atoms with Gasteiger partial charge >= 0.3 is 0 Å². The third kappa shape index (κ3) is 6.70. The molecule has 0 unspecified atom stereocenters. The molecule has 0 saturated carbocycles. The number of nitrogens with zero attached hydrogens (tertiary/aromatic N) is 2. The van der Waals surface area contributed by atoms with Gasteiger partial charge < -0.3 is 19.6 Å². The molecule has 0 aromatic carbocycles. The second-order valence-corrected chi connectivity index (χ2v) is 5.62. The summed E-state index contributed by atoms with van der Waals surface area (Å²) in [6.45, 7) is 8.39. The van der Waals surface area contributed by atoms with Crippen LogP contribution >= 0.6 is 0 Å². The van der Waals surface area contributed by atoms with Crippen LogP contribution in [-0.2, 0) is 14.9 Å². The number of nitrogens with one attached hydrogen (secondary N) is 1. The lowest BCUT2D eigenvalue weighted by atomic mass is 9.96. The van der Waals surface area contributed by atoms with E-state index in [0.29, 0.717) is 43.9 Å². The van der Waals surface area contributed by atoms with Crippen molar-refractivity contribution in [2.45, 2.75) is 32.6 Å². The summed E-state index contributed by atoms with van der Waals surface area (Å²) >= 11 is 0. The molecule has 0 bridgehead atoms. The van der Waals surface area contributed by atoms with Crippen molar-refractivity contribution in [3.63, 3.8) is 0 Å². The third-order valence-corrected chi connectivity index (χ3v) is 2.64. The number of ether oxygens (including phenoxy) is 3. The molecule has 1 aromatic rings. The molecule has 0 saturated heterocycles. The predicted molar refractivity (Wildman–Crippen MR) is 81.3 cm³/mol. The van der Waals surface area contributed by atoms with Gasteiger partial charge in [0.25, 0.3) is 0 Å². The molecular weight excluding hydrogens is 272 g/mol. The molecular formula is C14H26N4O3. The minimum absolute atomic E-state index is 0.179. The Morgan fingerprint density at radius 3 is 2.52 bits per heavy atom. The lowest BCUT2D eigenvalue weighted by Gasteiger charge is -2.18. The van der Waals surface area contributed by atoms with E-state index in [9.17, 15) is 0 Å². The topological polar surface area (TPSA) is 91.5 Å². The fraction of sp³-hybridized carbons (Fsp3) is 0.714. The minimum atomic E-state index is -0.179. The van der Waals surface area contributed by atoms with E-state index in [0.717, 1.165) is 6.42 Å². The molecule has 0 atom stereocenters. The van der Waals surface area contributed by atoms with Crippen molar-refractivity contribution >= 4 is 5.82 Å². The fourth-order valence-corrected chi connectivity index (χ4v) is 1.52. The van der Waals surface area contributed by atoms with E-state index in [1.54, 1.807) is 13.2 Å². The summed E-state index contributed by atoms with van der Waals surface area (Å²) in [5, 5.41) is 0. The van der Waals surface area contributed by atoms with Crippen LogP contribution in [0.5, 0.6) is 5.88 Å². The molecule has 0 aliphatic rings. The van der Waals surface area contributed by atoms with Crippen molar-refractivity contribution in [1.82, 2.24) is 9.97 Å². The van der Waals surface area contributed by atoms with Gasteiger partial charge in [0, 0.05) is 31.8 Å². The van der Waals surface area contributed by atoms with E-state index in [4.69, 9.17) is 20.1 Å². The summed E-state index contributed by atoms with van der Waals surface area (Å²) in [7, 11) is 1.67. The molecule has 21 heavy (non-hydrogen) atoms. The van der Waals surface area contributed by atoms with E-state index < -0.39 is 0 Å². The number of hydrogen-bond acceptors (Lipinski definition) is 7. The average molecular weight is 298 g/mol. The van der Waals surface area contributed by atoms with Crippen LogP contribution in [0.1, 0.15) is 33.0 Å². The molecule has 0 fully saturated rings. The first-order valence-electron chi connectivity index (χ1n) is 7.03.